The van der Waals surface area contributed by atoms with Gasteiger partial charge in [-0.1, -0.05) is 30.3 Å². The van der Waals surface area contributed by atoms with Crippen LogP contribution in [-0.4, -0.2) is 49.1 Å². The summed E-state index contributed by atoms with van der Waals surface area (Å²) in [4.78, 5) is 4.72. The molecule has 38 heavy (non-hydrogen) atoms. The first-order chi connectivity index (χ1) is 17.8. The molecular formula is C29H42NO7P. The van der Waals surface area contributed by atoms with Gasteiger partial charge in [-0.3, -0.25) is 13.6 Å². The summed E-state index contributed by atoms with van der Waals surface area (Å²) < 4.78 is 48.2. The summed E-state index contributed by atoms with van der Waals surface area (Å²) in [5.74, 6) is 2.18. The van der Waals surface area contributed by atoms with Gasteiger partial charge in [0, 0.05) is 6.92 Å². The zero-order chi connectivity index (χ0) is 27.9. The van der Waals surface area contributed by atoms with E-state index in [9.17, 15) is 4.57 Å². The molecule has 0 aromatic heterocycles. The summed E-state index contributed by atoms with van der Waals surface area (Å²) in [5.41, 5.74) is -0.989. The maximum Gasteiger partial charge on any atom is 0.475 e. The third-order valence-electron chi connectivity index (χ3n) is 5.37. The summed E-state index contributed by atoms with van der Waals surface area (Å²) in [7, 11) is -3.86. The molecule has 1 unspecified atom stereocenters. The molecule has 1 atom stereocenters. The average molecular weight is 548 g/mol. The smallest absolute Gasteiger partial charge is 0.475 e. The summed E-state index contributed by atoms with van der Waals surface area (Å²) in [6.07, 6.45) is 1.37. The highest BCUT2D eigenvalue weighted by Gasteiger charge is 2.43. The quantitative estimate of drug-likeness (QED) is 0.197. The van der Waals surface area contributed by atoms with Crippen LogP contribution in [0.1, 0.15) is 60.5 Å². The van der Waals surface area contributed by atoms with Crippen molar-refractivity contribution in [1.29, 1.82) is 0 Å². The largest absolute Gasteiger partial charge is 0.490 e. The topological polar surface area (TPSA) is 84.8 Å². The van der Waals surface area contributed by atoms with Gasteiger partial charge in [0.2, 0.25) is 0 Å². The van der Waals surface area contributed by atoms with Crippen molar-refractivity contribution in [3.8, 4) is 11.5 Å². The molecule has 0 saturated carbocycles. The van der Waals surface area contributed by atoms with Crippen molar-refractivity contribution in [1.82, 2.24) is 0 Å². The molecular weight excluding hydrogens is 505 g/mol. The Labute approximate surface area is 227 Å². The van der Waals surface area contributed by atoms with Crippen LogP contribution < -0.4 is 9.47 Å². The molecule has 0 N–H and O–H groups in total. The molecule has 1 aliphatic heterocycles. The summed E-state index contributed by atoms with van der Waals surface area (Å²) in [5, 5.41) is 0. The Balaban J connectivity index is 1.56. The number of rotatable bonds is 13. The zero-order valence-electron chi connectivity index (χ0n) is 23.7. The molecule has 0 fully saturated rings. The molecule has 9 heteroatoms. The second-order valence-electron chi connectivity index (χ2n) is 11.4. The number of hydrogen-bond donors (Lipinski definition) is 0. The number of benzene rings is 2. The zero-order valence-corrected chi connectivity index (χ0v) is 24.6. The van der Waals surface area contributed by atoms with Crippen molar-refractivity contribution < 1.29 is 32.3 Å². The van der Waals surface area contributed by atoms with Gasteiger partial charge in [0.1, 0.15) is 36.9 Å². The lowest BCUT2D eigenvalue weighted by Gasteiger charge is -2.33. The monoisotopic (exact) mass is 547 g/mol. The fourth-order valence-electron chi connectivity index (χ4n) is 3.82. The Bertz CT molecular complexity index is 1070. The predicted octanol–water partition coefficient (Wildman–Crippen LogP) is 7.02. The Morgan fingerprint density at radius 1 is 0.868 bits per heavy atom. The molecule has 8 nitrogen and oxygen atoms in total. The molecule has 0 aliphatic carbocycles. The number of nitrogens with zero attached hydrogens (tertiary/aromatic N) is 1. The highest BCUT2D eigenvalue weighted by atomic mass is 31.2. The number of aryl methyl sites for hydroxylation is 1. The van der Waals surface area contributed by atoms with Gasteiger partial charge in [0.15, 0.2) is 5.90 Å². The Kier molecular flexibility index (Phi) is 10.0. The minimum atomic E-state index is -3.86. The van der Waals surface area contributed by atoms with Crippen molar-refractivity contribution in [3.05, 3.63) is 60.2 Å². The van der Waals surface area contributed by atoms with Crippen LogP contribution in [0.3, 0.4) is 0 Å². The van der Waals surface area contributed by atoms with E-state index in [-0.39, 0.29) is 6.61 Å². The highest BCUT2D eigenvalue weighted by molar-refractivity contribution is 7.48. The lowest BCUT2D eigenvalue weighted by atomic mass is 9.94. The lowest BCUT2D eigenvalue weighted by molar-refractivity contribution is -0.00465. The van der Waals surface area contributed by atoms with Crippen LogP contribution in [0.2, 0.25) is 0 Å². The van der Waals surface area contributed by atoms with E-state index < -0.39 is 24.6 Å². The van der Waals surface area contributed by atoms with Crippen LogP contribution in [0.15, 0.2) is 59.6 Å². The van der Waals surface area contributed by atoms with Crippen LogP contribution in [0.4, 0.5) is 0 Å². The van der Waals surface area contributed by atoms with Crippen LogP contribution in [0.25, 0.3) is 0 Å². The molecule has 0 saturated heterocycles. The number of para-hydroxylation sites is 1. The summed E-state index contributed by atoms with van der Waals surface area (Å²) in [6, 6.07) is 17.6. The number of phosphoric acid groups is 1. The van der Waals surface area contributed by atoms with Crippen molar-refractivity contribution in [3.63, 3.8) is 0 Å². The Morgan fingerprint density at radius 2 is 1.42 bits per heavy atom. The normalized spacial score (nSPS) is 18.1. The first-order valence-electron chi connectivity index (χ1n) is 13.0. The van der Waals surface area contributed by atoms with Crippen LogP contribution >= 0.6 is 7.82 Å². The van der Waals surface area contributed by atoms with E-state index in [0.717, 1.165) is 23.5 Å². The van der Waals surface area contributed by atoms with E-state index in [4.69, 9.17) is 32.8 Å². The third-order valence-corrected chi connectivity index (χ3v) is 7.36. The Hall–Kier alpha value is -2.38. The van der Waals surface area contributed by atoms with Crippen molar-refractivity contribution in [2.45, 2.75) is 78.0 Å². The second kappa shape index (κ2) is 12.6. The summed E-state index contributed by atoms with van der Waals surface area (Å²) in [6.45, 7) is 14.0. The second-order valence-corrected chi connectivity index (χ2v) is 12.9. The first kappa shape index (κ1) is 30.2. The molecule has 1 aliphatic rings. The molecule has 2 aromatic rings. The lowest BCUT2D eigenvalue weighted by Crippen LogP contribution is -2.36. The number of ether oxygens (including phenoxy) is 3. The van der Waals surface area contributed by atoms with Gasteiger partial charge in [-0.25, -0.2) is 9.56 Å². The van der Waals surface area contributed by atoms with Gasteiger partial charge in [-0.15, -0.1) is 0 Å². The molecule has 2 aromatic carbocycles. The number of hydrogen-bond acceptors (Lipinski definition) is 8. The van der Waals surface area contributed by atoms with Crippen molar-refractivity contribution in [2.75, 3.05) is 26.4 Å². The van der Waals surface area contributed by atoms with Gasteiger partial charge in [0.25, 0.3) is 0 Å². The van der Waals surface area contributed by atoms with Gasteiger partial charge >= 0.3 is 7.82 Å². The highest BCUT2D eigenvalue weighted by Crippen LogP contribution is 2.56. The molecule has 1 heterocycles. The van der Waals surface area contributed by atoms with Crippen molar-refractivity contribution >= 4 is 13.7 Å². The molecule has 0 bridgehead atoms. The first-order valence-corrected chi connectivity index (χ1v) is 14.5. The van der Waals surface area contributed by atoms with Gasteiger partial charge in [0.05, 0.1) is 17.8 Å². The minimum Gasteiger partial charge on any atom is -0.490 e. The fourth-order valence-corrected chi connectivity index (χ4v) is 5.70. The van der Waals surface area contributed by atoms with Crippen LogP contribution in [0, 0.1) is 0 Å². The molecule has 210 valence electrons. The Morgan fingerprint density at radius 3 is 1.92 bits per heavy atom. The molecule has 0 amide bonds. The van der Waals surface area contributed by atoms with Crippen molar-refractivity contribution in [2.24, 2.45) is 4.99 Å². The van der Waals surface area contributed by atoms with E-state index in [1.165, 1.54) is 0 Å². The molecule has 3 rings (SSSR count). The predicted molar refractivity (Wildman–Crippen MR) is 149 cm³/mol. The minimum absolute atomic E-state index is 0.0520. The molecule has 0 radical (unpaired) electrons. The summed E-state index contributed by atoms with van der Waals surface area (Å²) >= 11 is 0. The van der Waals surface area contributed by atoms with Crippen LogP contribution in [0.5, 0.6) is 11.5 Å². The van der Waals surface area contributed by atoms with E-state index in [2.05, 4.69) is 0 Å². The average Bonchev–Trinajstić information content (AvgIpc) is 3.19. The van der Waals surface area contributed by atoms with Crippen LogP contribution in [-0.2, 0) is 29.3 Å². The van der Waals surface area contributed by atoms with E-state index in [1.807, 2.05) is 103 Å². The van der Waals surface area contributed by atoms with Gasteiger partial charge in [-0.05, 0) is 84.2 Å². The van der Waals surface area contributed by atoms with Gasteiger partial charge in [-0.2, -0.15) is 0 Å². The third kappa shape index (κ3) is 10.4. The molecule has 0 spiro atoms. The fraction of sp³-hybridized carbons (Fsp3) is 0.552. The van der Waals surface area contributed by atoms with E-state index in [1.54, 1.807) is 0 Å². The number of aliphatic imine (C=N–C) groups is 1. The van der Waals surface area contributed by atoms with E-state index >= 15 is 0 Å². The van der Waals surface area contributed by atoms with E-state index in [0.29, 0.717) is 32.1 Å². The maximum atomic E-state index is 13.5. The van der Waals surface area contributed by atoms with Gasteiger partial charge < -0.3 is 14.2 Å². The maximum absolute atomic E-state index is 13.5. The number of phosphoric ester groups is 1. The standard InChI is InChI=1S/C29H42NO7P/c1-23-30-29(21-34-23,22-35-38(31,36-27(2,3)4)37-28(5,6)7)18-17-24-13-15-26(16-14-24)33-20-19-32-25-11-9-8-10-12-25/h8-16H,17-22H2,1-7H3. The SMILES string of the molecule is CC1=NC(CCc2ccc(OCCOc3ccccc3)cc2)(COP(=O)(OC(C)(C)C)OC(C)(C)C)CO1.